The predicted molar refractivity (Wildman–Crippen MR) is 53.0 cm³/mol. The first-order valence-corrected chi connectivity index (χ1v) is 5.79. The molecule has 0 heteroatoms. The molecule has 0 spiro atoms. The summed E-state index contributed by atoms with van der Waals surface area (Å²) in [4.78, 5) is 0. The lowest BCUT2D eigenvalue weighted by atomic mass is 9.85. The summed E-state index contributed by atoms with van der Waals surface area (Å²) < 4.78 is 0. The number of fused-ring (bicyclic) bond motifs is 2. The average molecular weight is 166 g/mol. The predicted octanol–water partition coefficient (Wildman–Crippen LogP) is 3.86. The third kappa shape index (κ3) is 1.53. The van der Waals surface area contributed by atoms with E-state index in [1.54, 1.807) is 19.3 Å². The molecule has 0 heterocycles. The largest absolute Gasteiger partial charge is 0.0651 e. The molecule has 0 aromatic rings. The Labute approximate surface area is 76.7 Å². The lowest BCUT2D eigenvalue weighted by Crippen LogP contribution is -2.09. The van der Waals surface area contributed by atoms with Crippen LogP contribution in [0.1, 0.15) is 52.4 Å². The second kappa shape index (κ2) is 3.40. The average Bonchev–Trinajstić information content (AvgIpc) is 2.31. The molecule has 0 aromatic carbocycles. The Morgan fingerprint density at radius 1 is 1.08 bits per heavy atom. The van der Waals surface area contributed by atoms with Crippen LogP contribution in [0.3, 0.4) is 0 Å². The van der Waals surface area contributed by atoms with E-state index in [4.69, 9.17) is 0 Å². The van der Waals surface area contributed by atoms with E-state index in [1.807, 2.05) is 0 Å². The molecule has 2 rings (SSSR count). The fraction of sp³-hybridized carbons (Fsp3) is 1.00. The van der Waals surface area contributed by atoms with Crippen LogP contribution in [-0.4, -0.2) is 0 Å². The van der Waals surface area contributed by atoms with Crippen LogP contribution in [0.4, 0.5) is 0 Å². The zero-order chi connectivity index (χ0) is 8.55. The maximum Gasteiger partial charge on any atom is -0.0386 e. The monoisotopic (exact) mass is 166 g/mol. The van der Waals surface area contributed by atoms with Gasteiger partial charge in [0.1, 0.15) is 0 Å². The molecule has 70 valence electrons. The zero-order valence-corrected chi connectivity index (χ0v) is 8.55. The smallest absolute Gasteiger partial charge is 0.0386 e. The Balaban J connectivity index is 1.97. The van der Waals surface area contributed by atoms with Crippen molar-refractivity contribution in [1.29, 1.82) is 0 Å². The molecule has 2 aliphatic carbocycles. The van der Waals surface area contributed by atoms with Crippen molar-refractivity contribution in [2.45, 2.75) is 52.4 Å². The van der Waals surface area contributed by atoms with Gasteiger partial charge in [0.05, 0.1) is 0 Å². The van der Waals surface area contributed by atoms with Gasteiger partial charge in [0, 0.05) is 0 Å². The fourth-order valence-corrected chi connectivity index (χ4v) is 3.48. The van der Waals surface area contributed by atoms with Crippen molar-refractivity contribution >= 4 is 0 Å². The van der Waals surface area contributed by atoms with Crippen LogP contribution in [0.5, 0.6) is 0 Å². The van der Waals surface area contributed by atoms with E-state index in [0.29, 0.717) is 0 Å². The minimum absolute atomic E-state index is 1.05. The van der Waals surface area contributed by atoms with Crippen molar-refractivity contribution in [3.63, 3.8) is 0 Å². The van der Waals surface area contributed by atoms with Crippen LogP contribution in [0.25, 0.3) is 0 Å². The van der Waals surface area contributed by atoms with E-state index in [2.05, 4.69) is 13.8 Å². The Morgan fingerprint density at radius 3 is 2.67 bits per heavy atom. The van der Waals surface area contributed by atoms with Gasteiger partial charge in [0.15, 0.2) is 0 Å². The van der Waals surface area contributed by atoms with Crippen molar-refractivity contribution in [1.82, 2.24) is 0 Å². The van der Waals surface area contributed by atoms with Gasteiger partial charge in [-0.05, 0) is 49.4 Å². The van der Waals surface area contributed by atoms with Gasteiger partial charge in [-0.3, -0.25) is 0 Å². The second-order valence-corrected chi connectivity index (χ2v) is 5.16. The molecule has 4 atom stereocenters. The van der Waals surface area contributed by atoms with Crippen LogP contribution in [-0.2, 0) is 0 Å². The van der Waals surface area contributed by atoms with Crippen LogP contribution < -0.4 is 0 Å². The van der Waals surface area contributed by atoms with Gasteiger partial charge in [0.2, 0.25) is 0 Å². The first-order chi connectivity index (χ1) is 5.79. The highest BCUT2D eigenvalue weighted by Gasteiger charge is 2.34. The molecule has 0 N–H and O–H groups in total. The first kappa shape index (κ1) is 8.59. The molecular weight excluding hydrogens is 144 g/mol. The van der Waals surface area contributed by atoms with Crippen molar-refractivity contribution < 1.29 is 0 Å². The molecule has 0 aliphatic heterocycles. The highest BCUT2D eigenvalue weighted by Crippen LogP contribution is 2.46. The highest BCUT2D eigenvalue weighted by molar-refractivity contribution is 4.85. The van der Waals surface area contributed by atoms with E-state index in [9.17, 15) is 0 Å². The summed E-state index contributed by atoms with van der Waals surface area (Å²) >= 11 is 0. The third-order valence-corrected chi connectivity index (χ3v) is 4.34. The molecule has 0 saturated heterocycles. The maximum absolute atomic E-state index is 2.47. The number of rotatable bonds is 1. The lowest BCUT2D eigenvalue weighted by Gasteiger charge is -2.20. The summed E-state index contributed by atoms with van der Waals surface area (Å²) in [5, 5.41) is 0. The van der Waals surface area contributed by atoms with E-state index >= 15 is 0 Å². The summed E-state index contributed by atoms with van der Waals surface area (Å²) in [7, 11) is 0. The van der Waals surface area contributed by atoms with E-state index in [1.165, 1.54) is 19.3 Å². The second-order valence-electron chi connectivity index (χ2n) is 5.16. The van der Waals surface area contributed by atoms with Gasteiger partial charge in [-0.2, -0.15) is 0 Å². The molecule has 2 bridgehead atoms. The molecule has 4 unspecified atom stereocenters. The first-order valence-electron chi connectivity index (χ1n) is 5.79. The molecule has 0 nitrogen and oxygen atoms in total. The van der Waals surface area contributed by atoms with Gasteiger partial charge in [-0.25, -0.2) is 0 Å². The van der Waals surface area contributed by atoms with Gasteiger partial charge >= 0.3 is 0 Å². The number of hydrogen-bond donors (Lipinski definition) is 0. The Kier molecular flexibility index (Phi) is 2.43. The molecule has 0 aromatic heterocycles. The topological polar surface area (TPSA) is 0 Å². The van der Waals surface area contributed by atoms with Crippen molar-refractivity contribution in [3.05, 3.63) is 0 Å². The van der Waals surface area contributed by atoms with Crippen LogP contribution >= 0.6 is 0 Å². The van der Waals surface area contributed by atoms with Crippen molar-refractivity contribution in [2.75, 3.05) is 0 Å². The molecule has 0 amide bonds. The molecule has 2 aliphatic rings. The minimum atomic E-state index is 1.05. The maximum atomic E-state index is 2.47. The van der Waals surface area contributed by atoms with E-state index in [0.717, 1.165) is 23.7 Å². The van der Waals surface area contributed by atoms with Gasteiger partial charge in [-0.1, -0.05) is 26.7 Å². The molecule has 2 fully saturated rings. The van der Waals surface area contributed by atoms with E-state index < -0.39 is 0 Å². The van der Waals surface area contributed by atoms with Crippen molar-refractivity contribution in [2.24, 2.45) is 23.7 Å². The standard InChI is InChI=1S/C12H22/c1-3-10-4-5-12-8-11(7-10)6-9(12)2/h9-12H,3-8H2,1-2H3. The van der Waals surface area contributed by atoms with Gasteiger partial charge in [-0.15, -0.1) is 0 Å². The lowest BCUT2D eigenvalue weighted by molar-refractivity contribution is 0.311. The summed E-state index contributed by atoms with van der Waals surface area (Å²) in [5.41, 5.74) is 0. The SMILES string of the molecule is CCC1CCC2CC(C1)CC2C. The summed E-state index contributed by atoms with van der Waals surface area (Å²) in [6, 6.07) is 0. The summed E-state index contributed by atoms with van der Waals surface area (Å²) in [5.74, 6) is 4.34. The molecule has 12 heavy (non-hydrogen) atoms. The zero-order valence-electron chi connectivity index (χ0n) is 8.55. The Hall–Kier alpha value is 0. The molecule has 0 radical (unpaired) electrons. The normalized spacial score (nSPS) is 47.5. The molecular formula is C12H22. The van der Waals surface area contributed by atoms with Gasteiger partial charge in [0.25, 0.3) is 0 Å². The Morgan fingerprint density at radius 2 is 1.92 bits per heavy atom. The third-order valence-electron chi connectivity index (χ3n) is 4.34. The van der Waals surface area contributed by atoms with E-state index in [-0.39, 0.29) is 0 Å². The van der Waals surface area contributed by atoms with Crippen molar-refractivity contribution in [3.8, 4) is 0 Å². The fourth-order valence-electron chi connectivity index (χ4n) is 3.48. The number of hydrogen-bond acceptors (Lipinski definition) is 0. The van der Waals surface area contributed by atoms with Crippen LogP contribution in [0.2, 0.25) is 0 Å². The molecule has 2 saturated carbocycles. The highest BCUT2D eigenvalue weighted by atomic mass is 14.4. The quantitative estimate of drug-likeness (QED) is 0.555. The minimum Gasteiger partial charge on any atom is -0.0651 e. The summed E-state index contributed by atoms with van der Waals surface area (Å²) in [6.45, 7) is 4.84. The van der Waals surface area contributed by atoms with Crippen LogP contribution in [0.15, 0.2) is 0 Å². The Bertz CT molecular complexity index is 150. The summed E-state index contributed by atoms with van der Waals surface area (Å²) in [6.07, 6.45) is 9.16. The van der Waals surface area contributed by atoms with Gasteiger partial charge < -0.3 is 0 Å². The van der Waals surface area contributed by atoms with Crippen LogP contribution in [0, 0.1) is 23.7 Å².